The lowest BCUT2D eigenvalue weighted by Gasteiger charge is -2.10. The Hall–Kier alpha value is -3.19. The molecule has 1 aliphatic rings. The molecule has 0 fully saturated rings. The molecule has 142 valence electrons. The fourth-order valence-corrected chi connectivity index (χ4v) is 3.81. The number of ketones is 1. The van der Waals surface area contributed by atoms with Crippen LogP contribution < -0.4 is 14.8 Å². The molecule has 0 spiro atoms. The number of amides is 1. The summed E-state index contributed by atoms with van der Waals surface area (Å²) >= 11 is 1.50. The standard InChI is InChI=1S/C21H18N2O4S/c1-12-4-3-5-14(6-12)21-22-15(10-28-21)7-20(25)23-17-9-19-18(26-11-27-19)8-16(17)13(2)24/h3-6,8-10H,7,11H2,1-2H3,(H,23,25). The third-order valence-electron chi connectivity index (χ3n) is 4.32. The van der Waals surface area contributed by atoms with Gasteiger partial charge >= 0.3 is 0 Å². The van der Waals surface area contributed by atoms with Gasteiger partial charge in [0.25, 0.3) is 0 Å². The molecule has 0 saturated heterocycles. The maximum Gasteiger partial charge on any atom is 0.231 e. The Labute approximate surface area is 166 Å². The zero-order valence-electron chi connectivity index (χ0n) is 15.4. The molecule has 6 nitrogen and oxygen atoms in total. The van der Waals surface area contributed by atoms with Gasteiger partial charge in [0.15, 0.2) is 17.3 Å². The van der Waals surface area contributed by atoms with Crippen LogP contribution in [0.5, 0.6) is 11.5 Å². The molecule has 28 heavy (non-hydrogen) atoms. The molecule has 4 rings (SSSR count). The summed E-state index contributed by atoms with van der Waals surface area (Å²) in [5.41, 5.74) is 3.68. The number of nitrogens with one attached hydrogen (secondary N) is 1. The van der Waals surface area contributed by atoms with E-state index in [4.69, 9.17) is 9.47 Å². The van der Waals surface area contributed by atoms with Crippen LogP contribution in [0.1, 0.15) is 28.5 Å². The van der Waals surface area contributed by atoms with Crippen LogP contribution in [0.4, 0.5) is 5.69 Å². The van der Waals surface area contributed by atoms with E-state index in [1.165, 1.54) is 18.3 Å². The number of fused-ring (bicyclic) bond motifs is 1. The monoisotopic (exact) mass is 394 g/mol. The van der Waals surface area contributed by atoms with Crippen molar-refractivity contribution in [1.82, 2.24) is 4.98 Å². The second-order valence-corrected chi connectivity index (χ2v) is 7.40. The topological polar surface area (TPSA) is 77.5 Å². The average molecular weight is 394 g/mol. The fourth-order valence-electron chi connectivity index (χ4n) is 2.99. The number of rotatable bonds is 5. The van der Waals surface area contributed by atoms with Gasteiger partial charge in [0, 0.05) is 22.6 Å². The second-order valence-electron chi connectivity index (χ2n) is 6.55. The van der Waals surface area contributed by atoms with Gasteiger partial charge in [-0.3, -0.25) is 9.59 Å². The van der Waals surface area contributed by atoms with Gasteiger partial charge in [-0.25, -0.2) is 4.98 Å². The molecular formula is C21H18N2O4S. The number of carbonyl (C=O) groups excluding carboxylic acids is 2. The molecule has 1 amide bonds. The number of carbonyl (C=O) groups is 2. The van der Waals surface area contributed by atoms with Crippen molar-refractivity contribution in [3.63, 3.8) is 0 Å². The Bertz CT molecular complexity index is 1070. The van der Waals surface area contributed by atoms with Crippen LogP contribution in [-0.4, -0.2) is 23.5 Å². The molecule has 1 N–H and O–H groups in total. The van der Waals surface area contributed by atoms with Gasteiger partial charge in [-0.15, -0.1) is 11.3 Å². The van der Waals surface area contributed by atoms with E-state index in [-0.39, 0.29) is 24.9 Å². The fraction of sp³-hybridized carbons (Fsp3) is 0.190. The highest BCUT2D eigenvalue weighted by Crippen LogP contribution is 2.37. The highest BCUT2D eigenvalue weighted by Gasteiger charge is 2.20. The summed E-state index contributed by atoms with van der Waals surface area (Å²) in [5, 5.41) is 5.55. The molecule has 0 atom stereocenters. The zero-order valence-corrected chi connectivity index (χ0v) is 16.3. The number of ether oxygens (including phenoxy) is 2. The van der Waals surface area contributed by atoms with Crippen LogP contribution in [0.2, 0.25) is 0 Å². The van der Waals surface area contributed by atoms with Gasteiger partial charge in [0.05, 0.1) is 17.8 Å². The van der Waals surface area contributed by atoms with Crippen LogP contribution in [0.3, 0.4) is 0 Å². The minimum Gasteiger partial charge on any atom is -0.454 e. The highest BCUT2D eigenvalue weighted by atomic mass is 32.1. The van der Waals surface area contributed by atoms with Crippen LogP contribution in [0.25, 0.3) is 10.6 Å². The molecule has 0 saturated carbocycles. The maximum atomic E-state index is 12.5. The Balaban J connectivity index is 1.50. The van der Waals surface area contributed by atoms with Crippen LogP contribution >= 0.6 is 11.3 Å². The zero-order chi connectivity index (χ0) is 19.7. The number of hydrogen-bond donors (Lipinski definition) is 1. The summed E-state index contributed by atoms with van der Waals surface area (Å²) in [5.74, 6) is 0.604. The number of nitrogens with zero attached hydrogens (tertiary/aromatic N) is 1. The van der Waals surface area contributed by atoms with E-state index in [9.17, 15) is 9.59 Å². The quantitative estimate of drug-likeness (QED) is 0.655. The lowest BCUT2D eigenvalue weighted by Crippen LogP contribution is -2.16. The van der Waals surface area contributed by atoms with Gasteiger partial charge in [-0.05, 0) is 26.0 Å². The van der Waals surface area contributed by atoms with E-state index in [0.717, 1.165) is 16.1 Å². The number of Topliss-reactive ketones (excluding diaryl/α,β-unsaturated/α-hetero) is 1. The molecule has 0 unspecified atom stereocenters. The van der Waals surface area contributed by atoms with Gasteiger partial charge in [0.2, 0.25) is 12.7 Å². The molecule has 0 radical (unpaired) electrons. The van der Waals surface area contributed by atoms with Crippen LogP contribution in [-0.2, 0) is 11.2 Å². The smallest absolute Gasteiger partial charge is 0.231 e. The Morgan fingerprint density at radius 2 is 1.96 bits per heavy atom. The molecule has 7 heteroatoms. The normalized spacial score (nSPS) is 12.1. The predicted molar refractivity (Wildman–Crippen MR) is 107 cm³/mol. The Morgan fingerprint density at radius 1 is 1.18 bits per heavy atom. The van der Waals surface area contributed by atoms with Crippen molar-refractivity contribution in [1.29, 1.82) is 0 Å². The van der Waals surface area contributed by atoms with Crippen molar-refractivity contribution in [3.8, 4) is 22.1 Å². The van der Waals surface area contributed by atoms with Crippen molar-refractivity contribution in [2.45, 2.75) is 20.3 Å². The lowest BCUT2D eigenvalue weighted by molar-refractivity contribution is -0.115. The molecule has 2 heterocycles. The van der Waals surface area contributed by atoms with Crippen molar-refractivity contribution in [2.75, 3.05) is 12.1 Å². The summed E-state index contributed by atoms with van der Waals surface area (Å²) in [6.07, 6.45) is 0.119. The first-order chi connectivity index (χ1) is 13.5. The van der Waals surface area contributed by atoms with Gasteiger partial charge < -0.3 is 14.8 Å². The third-order valence-corrected chi connectivity index (χ3v) is 5.26. The van der Waals surface area contributed by atoms with E-state index in [2.05, 4.69) is 16.4 Å². The maximum absolute atomic E-state index is 12.5. The third kappa shape index (κ3) is 3.75. The minimum absolute atomic E-state index is 0.102. The van der Waals surface area contributed by atoms with Crippen molar-refractivity contribution < 1.29 is 19.1 Å². The number of benzene rings is 2. The summed E-state index contributed by atoms with van der Waals surface area (Å²) in [7, 11) is 0. The van der Waals surface area contributed by atoms with E-state index in [1.807, 2.05) is 30.5 Å². The van der Waals surface area contributed by atoms with Gasteiger partial charge in [-0.2, -0.15) is 0 Å². The number of aromatic nitrogens is 1. The Morgan fingerprint density at radius 3 is 2.71 bits per heavy atom. The van der Waals surface area contributed by atoms with Gasteiger partial charge in [-0.1, -0.05) is 23.8 Å². The first kappa shape index (κ1) is 18.2. The van der Waals surface area contributed by atoms with E-state index in [0.29, 0.717) is 28.4 Å². The predicted octanol–water partition coefficient (Wildman–Crippen LogP) is 4.23. The van der Waals surface area contributed by atoms with Crippen molar-refractivity contribution in [3.05, 3.63) is 58.6 Å². The lowest BCUT2D eigenvalue weighted by atomic mass is 10.1. The molecule has 0 bridgehead atoms. The molecule has 3 aromatic rings. The SMILES string of the molecule is CC(=O)c1cc2c(cc1NC(=O)Cc1csc(-c3cccc(C)c3)n1)OCO2. The summed E-state index contributed by atoms with van der Waals surface area (Å²) in [4.78, 5) is 29.0. The number of aryl methyl sites for hydroxylation is 1. The summed E-state index contributed by atoms with van der Waals surface area (Å²) in [6.45, 7) is 3.58. The molecule has 0 aliphatic carbocycles. The highest BCUT2D eigenvalue weighted by molar-refractivity contribution is 7.13. The van der Waals surface area contributed by atoms with Crippen molar-refractivity contribution in [2.24, 2.45) is 0 Å². The van der Waals surface area contributed by atoms with E-state index >= 15 is 0 Å². The first-order valence-corrected chi connectivity index (χ1v) is 9.63. The molecule has 2 aromatic carbocycles. The number of thiazole rings is 1. The van der Waals surface area contributed by atoms with E-state index in [1.54, 1.807) is 12.1 Å². The molecule has 1 aliphatic heterocycles. The molecule has 1 aromatic heterocycles. The average Bonchev–Trinajstić information content (AvgIpc) is 3.29. The second kappa shape index (κ2) is 7.44. The molecular weight excluding hydrogens is 376 g/mol. The first-order valence-electron chi connectivity index (χ1n) is 8.75. The van der Waals surface area contributed by atoms with Crippen molar-refractivity contribution >= 4 is 28.7 Å². The van der Waals surface area contributed by atoms with Crippen LogP contribution in [0, 0.1) is 6.92 Å². The van der Waals surface area contributed by atoms with E-state index < -0.39 is 0 Å². The summed E-state index contributed by atoms with van der Waals surface area (Å²) in [6, 6.07) is 11.3. The number of hydrogen-bond acceptors (Lipinski definition) is 6. The largest absolute Gasteiger partial charge is 0.454 e. The Kier molecular flexibility index (Phi) is 4.83. The van der Waals surface area contributed by atoms with Crippen LogP contribution in [0.15, 0.2) is 41.8 Å². The summed E-state index contributed by atoms with van der Waals surface area (Å²) < 4.78 is 10.6. The van der Waals surface area contributed by atoms with Gasteiger partial charge in [0.1, 0.15) is 5.01 Å². The number of anilines is 1. The minimum atomic E-state index is -0.248.